The van der Waals surface area contributed by atoms with Crippen molar-refractivity contribution in [3.63, 3.8) is 0 Å². The molecule has 0 aromatic carbocycles. The predicted octanol–water partition coefficient (Wildman–Crippen LogP) is 1.82. The molecule has 3 N–H and O–H groups in total. The van der Waals surface area contributed by atoms with E-state index in [2.05, 4.69) is 31.3 Å². The van der Waals surface area contributed by atoms with E-state index in [9.17, 15) is 0 Å². The molecule has 0 amide bonds. The van der Waals surface area contributed by atoms with Gasteiger partial charge in [-0.25, -0.2) is 0 Å². The van der Waals surface area contributed by atoms with E-state index in [0.29, 0.717) is 17.0 Å². The summed E-state index contributed by atoms with van der Waals surface area (Å²) in [7, 11) is 1.86. The number of aryl methyl sites for hydroxylation is 2. The van der Waals surface area contributed by atoms with Gasteiger partial charge < -0.3 is 4.74 Å². The van der Waals surface area contributed by atoms with E-state index in [1.54, 1.807) is 4.68 Å². The number of ether oxygens (including phenoxy) is 1. The Hall–Kier alpha value is -0.620. The van der Waals surface area contributed by atoms with Crippen LogP contribution >= 0.6 is 11.6 Å². The van der Waals surface area contributed by atoms with E-state index in [1.807, 2.05) is 14.0 Å². The van der Waals surface area contributed by atoms with Gasteiger partial charge in [0.15, 0.2) is 0 Å². The zero-order valence-electron chi connectivity index (χ0n) is 12.9. The van der Waals surface area contributed by atoms with Crippen molar-refractivity contribution in [2.75, 3.05) is 0 Å². The minimum atomic E-state index is 0.130. The van der Waals surface area contributed by atoms with E-state index >= 15 is 0 Å². The van der Waals surface area contributed by atoms with E-state index in [4.69, 9.17) is 22.2 Å². The predicted molar refractivity (Wildman–Crippen MR) is 80.4 cm³/mol. The quantitative estimate of drug-likeness (QED) is 0.657. The first-order chi connectivity index (χ1) is 9.36. The molecule has 5 nitrogen and oxygen atoms in total. The number of aromatic nitrogens is 2. The molecule has 1 aliphatic heterocycles. The summed E-state index contributed by atoms with van der Waals surface area (Å²) < 4.78 is 7.63. The van der Waals surface area contributed by atoms with Crippen LogP contribution in [0.25, 0.3) is 0 Å². The molecule has 5 unspecified atom stereocenters. The molecule has 114 valence electrons. The van der Waals surface area contributed by atoms with Crippen LogP contribution in [0.2, 0.25) is 5.15 Å². The van der Waals surface area contributed by atoms with Crippen molar-refractivity contribution in [3.8, 4) is 0 Å². The molecule has 1 saturated heterocycles. The molecule has 5 atom stereocenters. The highest BCUT2D eigenvalue weighted by atomic mass is 35.5. The summed E-state index contributed by atoms with van der Waals surface area (Å²) in [4.78, 5) is 0. The summed E-state index contributed by atoms with van der Waals surface area (Å²) >= 11 is 6.32. The van der Waals surface area contributed by atoms with Gasteiger partial charge in [-0.2, -0.15) is 5.10 Å². The van der Waals surface area contributed by atoms with Crippen LogP contribution in [0.4, 0.5) is 0 Å². The smallest absolute Gasteiger partial charge is 0.130 e. The van der Waals surface area contributed by atoms with Crippen molar-refractivity contribution < 1.29 is 4.74 Å². The van der Waals surface area contributed by atoms with Gasteiger partial charge in [0.1, 0.15) is 5.15 Å². The number of nitrogens with zero attached hydrogens (tertiary/aromatic N) is 2. The zero-order valence-corrected chi connectivity index (χ0v) is 13.6. The van der Waals surface area contributed by atoms with Gasteiger partial charge in [-0.05, 0) is 33.1 Å². The molecule has 1 aliphatic rings. The van der Waals surface area contributed by atoms with Gasteiger partial charge in [0.2, 0.25) is 0 Å². The van der Waals surface area contributed by atoms with Crippen LogP contribution in [0, 0.1) is 18.8 Å². The maximum absolute atomic E-state index is 6.32. The highest BCUT2D eigenvalue weighted by Gasteiger charge is 2.41. The summed E-state index contributed by atoms with van der Waals surface area (Å²) in [6.45, 7) is 8.44. The van der Waals surface area contributed by atoms with Crippen LogP contribution in [0.15, 0.2) is 0 Å². The molecular formula is C14H25ClN4O. The lowest BCUT2D eigenvalue weighted by Gasteiger charge is -2.28. The number of hydrazine groups is 1. The Bertz CT molecular complexity index is 476. The minimum Gasteiger partial charge on any atom is -0.375 e. The third kappa shape index (κ3) is 2.72. The molecule has 0 spiro atoms. The summed E-state index contributed by atoms with van der Waals surface area (Å²) in [6.07, 6.45) is 1.22. The number of nitrogens with two attached hydrogens (primary N) is 1. The molecule has 1 aromatic heterocycles. The first-order valence-electron chi connectivity index (χ1n) is 7.16. The maximum atomic E-state index is 6.32. The average molecular weight is 301 g/mol. The van der Waals surface area contributed by atoms with Crippen LogP contribution in [-0.4, -0.2) is 28.0 Å². The standard InChI is InChI=1S/C14H25ClN4O/c1-7-9(3)20-10(4)13(7)12(17-16)6-11-8(2)18-19(5)14(11)15/h7,9-10,12-13,17H,6,16H2,1-5H3. The van der Waals surface area contributed by atoms with Crippen molar-refractivity contribution in [2.24, 2.45) is 24.7 Å². The molecule has 0 aliphatic carbocycles. The van der Waals surface area contributed by atoms with E-state index in [-0.39, 0.29) is 18.2 Å². The van der Waals surface area contributed by atoms with Crippen molar-refractivity contribution in [3.05, 3.63) is 16.4 Å². The Balaban J connectivity index is 2.21. The first kappa shape index (κ1) is 15.8. The number of halogens is 1. The molecule has 1 aromatic rings. The minimum absolute atomic E-state index is 0.130. The van der Waals surface area contributed by atoms with Gasteiger partial charge >= 0.3 is 0 Å². The van der Waals surface area contributed by atoms with Crippen molar-refractivity contribution in [1.82, 2.24) is 15.2 Å². The first-order valence-corrected chi connectivity index (χ1v) is 7.54. The van der Waals surface area contributed by atoms with Crippen LogP contribution < -0.4 is 11.3 Å². The number of hydrogen-bond acceptors (Lipinski definition) is 4. The monoisotopic (exact) mass is 300 g/mol. The second kappa shape index (κ2) is 6.02. The van der Waals surface area contributed by atoms with Gasteiger partial charge in [-0.3, -0.25) is 16.0 Å². The number of rotatable bonds is 4. The largest absolute Gasteiger partial charge is 0.375 e. The Morgan fingerprint density at radius 1 is 1.40 bits per heavy atom. The van der Waals surface area contributed by atoms with Gasteiger partial charge in [0.25, 0.3) is 0 Å². The molecule has 1 fully saturated rings. The van der Waals surface area contributed by atoms with Crippen LogP contribution in [0.1, 0.15) is 32.0 Å². The fourth-order valence-corrected chi connectivity index (χ4v) is 3.67. The lowest BCUT2D eigenvalue weighted by molar-refractivity contribution is 0.0475. The van der Waals surface area contributed by atoms with Gasteiger partial charge in [-0.1, -0.05) is 18.5 Å². The van der Waals surface area contributed by atoms with Gasteiger partial charge in [0, 0.05) is 24.6 Å². The Morgan fingerprint density at radius 3 is 2.45 bits per heavy atom. The van der Waals surface area contributed by atoms with Crippen LogP contribution in [0.5, 0.6) is 0 Å². The van der Waals surface area contributed by atoms with E-state index in [0.717, 1.165) is 17.7 Å². The van der Waals surface area contributed by atoms with Gasteiger partial charge in [0.05, 0.1) is 17.9 Å². The topological polar surface area (TPSA) is 65.1 Å². The molecule has 2 rings (SSSR count). The second-order valence-electron chi connectivity index (χ2n) is 5.94. The Labute approximate surface area is 125 Å². The lowest BCUT2D eigenvalue weighted by atomic mass is 9.81. The SMILES string of the molecule is Cc1nn(C)c(Cl)c1CC(NN)C1C(C)OC(C)C1C. The summed E-state index contributed by atoms with van der Waals surface area (Å²) in [5.41, 5.74) is 4.99. The van der Waals surface area contributed by atoms with E-state index < -0.39 is 0 Å². The molecule has 2 heterocycles. The molecule has 0 radical (unpaired) electrons. The summed E-state index contributed by atoms with van der Waals surface area (Å²) in [6, 6.07) is 0.130. The van der Waals surface area contributed by atoms with Crippen molar-refractivity contribution in [1.29, 1.82) is 0 Å². The Kier molecular flexibility index (Phi) is 4.74. The van der Waals surface area contributed by atoms with Gasteiger partial charge in [-0.15, -0.1) is 0 Å². The van der Waals surface area contributed by atoms with Crippen molar-refractivity contribution in [2.45, 2.75) is 52.4 Å². The number of hydrogen-bond donors (Lipinski definition) is 2. The lowest BCUT2D eigenvalue weighted by Crippen LogP contribution is -2.46. The van der Waals surface area contributed by atoms with E-state index in [1.165, 1.54) is 0 Å². The zero-order chi connectivity index (χ0) is 15.0. The normalized spacial score (nSPS) is 31.8. The highest BCUT2D eigenvalue weighted by Crippen LogP contribution is 2.36. The molecule has 20 heavy (non-hydrogen) atoms. The molecule has 6 heteroatoms. The van der Waals surface area contributed by atoms with Crippen molar-refractivity contribution >= 4 is 11.6 Å². The fourth-order valence-electron chi connectivity index (χ4n) is 3.42. The molecule has 0 bridgehead atoms. The molecular weight excluding hydrogens is 276 g/mol. The molecule has 0 saturated carbocycles. The average Bonchev–Trinajstić information content (AvgIpc) is 2.77. The third-order valence-electron chi connectivity index (χ3n) is 4.69. The summed E-state index contributed by atoms with van der Waals surface area (Å²) in [5, 5.41) is 5.05. The van der Waals surface area contributed by atoms with Crippen LogP contribution in [0.3, 0.4) is 0 Å². The second-order valence-corrected chi connectivity index (χ2v) is 6.30. The highest BCUT2D eigenvalue weighted by molar-refractivity contribution is 6.30. The Morgan fingerprint density at radius 2 is 2.05 bits per heavy atom. The number of nitrogens with one attached hydrogen (secondary N) is 1. The fraction of sp³-hybridized carbons (Fsp3) is 0.786. The third-order valence-corrected chi connectivity index (χ3v) is 5.16. The summed E-state index contributed by atoms with van der Waals surface area (Å²) in [5.74, 6) is 6.63. The maximum Gasteiger partial charge on any atom is 0.130 e. The van der Waals surface area contributed by atoms with Crippen LogP contribution in [-0.2, 0) is 18.2 Å².